The number of urea groups is 1. The molecule has 0 radical (unpaired) electrons. The molecule has 8 nitrogen and oxygen atoms in total. The number of hydrogen-bond acceptors (Lipinski definition) is 6. The van der Waals surface area contributed by atoms with Crippen LogP contribution in [0.15, 0.2) is 24.4 Å². The van der Waals surface area contributed by atoms with Crippen molar-refractivity contribution in [1.29, 1.82) is 0 Å². The summed E-state index contributed by atoms with van der Waals surface area (Å²) in [6, 6.07) is 1.82. The molecule has 1 fully saturated rings. The molecule has 2 amide bonds. The minimum absolute atomic E-state index is 0.186. The monoisotopic (exact) mass is 410 g/mol. The number of nitrogens with one attached hydrogen (secondary N) is 2. The van der Waals surface area contributed by atoms with Crippen LogP contribution in [0.2, 0.25) is 5.02 Å². The summed E-state index contributed by atoms with van der Waals surface area (Å²) in [5, 5.41) is 5.43. The SMILES string of the molecule is C=C1NC(=O)N[C@H](c2cc(OC)c(O[C@H](C)C(=O)OCC)cc2Cl)[C@H]1C(C)=O. The normalized spacial score (nSPS) is 19.9. The second-order valence-electron chi connectivity index (χ2n) is 6.23. The first-order chi connectivity index (χ1) is 13.2. The van der Waals surface area contributed by atoms with Gasteiger partial charge in [0.25, 0.3) is 0 Å². The van der Waals surface area contributed by atoms with Crippen LogP contribution >= 0.6 is 11.6 Å². The van der Waals surface area contributed by atoms with Gasteiger partial charge in [0.1, 0.15) is 5.78 Å². The molecule has 1 aliphatic rings. The van der Waals surface area contributed by atoms with Crippen LogP contribution in [0.5, 0.6) is 11.5 Å². The fourth-order valence-corrected chi connectivity index (χ4v) is 3.23. The summed E-state index contributed by atoms with van der Waals surface area (Å²) in [5.74, 6) is -0.895. The summed E-state index contributed by atoms with van der Waals surface area (Å²) in [5.41, 5.74) is 0.749. The quantitative estimate of drug-likeness (QED) is 0.670. The topological polar surface area (TPSA) is 103 Å². The van der Waals surface area contributed by atoms with Gasteiger partial charge < -0.3 is 24.8 Å². The number of carbonyl (C=O) groups is 3. The molecule has 2 rings (SSSR count). The van der Waals surface area contributed by atoms with Crippen molar-refractivity contribution in [3.05, 3.63) is 35.0 Å². The maximum atomic E-state index is 12.1. The molecule has 1 aliphatic heterocycles. The average Bonchev–Trinajstić information content (AvgIpc) is 2.60. The molecule has 0 unspecified atom stereocenters. The zero-order chi connectivity index (χ0) is 21.0. The van der Waals surface area contributed by atoms with Crippen LogP contribution in [-0.4, -0.2) is 37.6 Å². The van der Waals surface area contributed by atoms with Crippen molar-refractivity contribution >= 4 is 29.4 Å². The molecule has 1 aromatic rings. The number of Topliss-reactive ketones (excluding diaryl/α,β-unsaturated/α-hetero) is 1. The van der Waals surface area contributed by atoms with Crippen molar-refractivity contribution in [2.45, 2.75) is 32.9 Å². The number of ketones is 1. The second-order valence-corrected chi connectivity index (χ2v) is 6.63. The number of esters is 1. The van der Waals surface area contributed by atoms with Crippen LogP contribution in [0.4, 0.5) is 4.79 Å². The van der Waals surface area contributed by atoms with E-state index in [0.717, 1.165) is 0 Å². The van der Waals surface area contributed by atoms with E-state index in [-0.39, 0.29) is 34.6 Å². The van der Waals surface area contributed by atoms with Crippen LogP contribution < -0.4 is 20.1 Å². The van der Waals surface area contributed by atoms with Gasteiger partial charge in [-0.25, -0.2) is 9.59 Å². The number of hydrogen-bond donors (Lipinski definition) is 2. The largest absolute Gasteiger partial charge is 0.493 e. The van der Waals surface area contributed by atoms with E-state index in [2.05, 4.69) is 17.2 Å². The Morgan fingerprint density at radius 2 is 2.00 bits per heavy atom. The molecule has 28 heavy (non-hydrogen) atoms. The molecule has 3 atom stereocenters. The zero-order valence-electron chi connectivity index (χ0n) is 16.1. The van der Waals surface area contributed by atoms with E-state index in [0.29, 0.717) is 5.56 Å². The number of ether oxygens (including phenoxy) is 3. The minimum Gasteiger partial charge on any atom is -0.493 e. The van der Waals surface area contributed by atoms with E-state index < -0.39 is 30.1 Å². The van der Waals surface area contributed by atoms with E-state index in [4.69, 9.17) is 25.8 Å². The molecular weight excluding hydrogens is 388 g/mol. The molecule has 2 N–H and O–H groups in total. The Hall–Kier alpha value is -2.74. The van der Waals surface area contributed by atoms with Gasteiger partial charge in [0.2, 0.25) is 0 Å². The molecule has 1 heterocycles. The highest BCUT2D eigenvalue weighted by Gasteiger charge is 2.37. The molecule has 1 aromatic carbocycles. The summed E-state index contributed by atoms with van der Waals surface area (Å²) in [7, 11) is 1.43. The summed E-state index contributed by atoms with van der Waals surface area (Å²) < 4.78 is 15.9. The molecule has 152 valence electrons. The van der Waals surface area contributed by atoms with Crippen LogP contribution in [0.3, 0.4) is 0 Å². The molecule has 0 saturated carbocycles. The van der Waals surface area contributed by atoms with Gasteiger partial charge in [-0.15, -0.1) is 0 Å². The number of amides is 2. The van der Waals surface area contributed by atoms with Gasteiger partial charge in [-0.2, -0.15) is 0 Å². The van der Waals surface area contributed by atoms with Crippen molar-refractivity contribution in [1.82, 2.24) is 10.6 Å². The van der Waals surface area contributed by atoms with Crippen LogP contribution in [0.1, 0.15) is 32.4 Å². The Morgan fingerprint density at radius 3 is 2.57 bits per heavy atom. The van der Waals surface area contributed by atoms with Crippen molar-refractivity contribution in [3.8, 4) is 11.5 Å². The summed E-state index contributed by atoms with van der Waals surface area (Å²) in [4.78, 5) is 35.8. The maximum absolute atomic E-state index is 12.1. The number of carbonyl (C=O) groups excluding carboxylic acids is 3. The van der Waals surface area contributed by atoms with Crippen molar-refractivity contribution < 1.29 is 28.6 Å². The van der Waals surface area contributed by atoms with Gasteiger partial charge in [-0.3, -0.25) is 4.79 Å². The highest BCUT2D eigenvalue weighted by Crippen LogP contribution is 2.40. The fraction of sp³-hybridized carbons (Fsp3) is 0.421. The van der Waals surface area contributed by atoms with Gasteiger partial charge in [0.05, 0.1) is 25.7 Å². The van der Waals surface area contributed by atoms with E-state index >= 15 is 0 Å². The zero-order valence-corrected chi connectivity index (χ0v) is 16.9. The number of methoxy groups -OCH3 is 1. The molecule has 0 aromatic heterocycles. The van der Waals surface area contributed by atoms with E-state index in [1.54, 1.807) is 19.9 Å². The Labute approximate surface area is 168 Å². The third kappa shape index (κ3) is 4.56. The van der Waals surface area contributed by atoms with Gasteiger partial charge in [0, 0.05) is 16.8 Å². The van der Waals surface area contributed by atoms with Crippen LogP contribution in [-0.2, 0) is 14.3 Å². The second kappa shape index (κ2) is 8.97. The molecule has 1 saturated heterocycles. The van der Waals surface area contributed by atoms with E-state index in [9.17, 15) is 14.4 Å². The summed E-state index contributed by atoms with van der Waals surface area (Å²) in [6.45, 7) is 8.65. The van der Waals surface area contributed by atoms with E-state index in [1.165, 1.54) is 20.1 Å². The lowest BCUT2D eigenvalue weighted by molar-refractivity contribution is -0.150. The van der Waals surface area contributed by atoms with Crippen LogP contribution in [0.25, 0.3) is 0 Å². The molecule has 0 spiro atoms. The Bertz CT molecular complexity index is 810. The Balaban J connectivity index is 2.41. The highest BCUT2D eigenvalue weighted by molar-refractivity contribution is 6.31. The van der Waals surface area contributed by atoms with Crippen LogP contribution in [0, 0.1) is 5.92 Å². The lowest BCUT2D eigenvalue weighted by atomic mass is 9.86. The van der Waals surface area contributed by atoms with Gasteiger partial charge in [-0.1, -0.05) is 18.2 Å². The lowest BCUT2D eigenvalue weighted by Crippen LogP contribution is -2.50. The van der Waals surface area contributed by atoms with E-state index in [1.807, 2.05) is 0 Å². The number of benzene rings is 1. The van der Waals surface area contributed by atoms with Crippen molar-refractivity contribution in [3.63, 3.8) is 0 Å². The fourth-order valence-electron chi connectivity index (χ4n) is 2.96. The summed E-state index contributed by atoms with van der Waals surface area (Å²) >= 11 is 6.42. The standard InChI is InChI=1S/C19H23ClN2O6/c1-6-27-18(24)11(4)28-15-8-13(20)12(7-14(15)26-5)17-16(10(3)23)9(2)21-19(25)22-17/h7-8,11,16-17H,2,6H2,1,3-5H3,(H2,21,22,25)/t11-,16-,17-/m1/s1. The smallest absolute Gasteiger partial charge is 0.347 e. The third-order valence-corrected chi connectivity index (χ3v) is 4.58. The summed E-state index contributed by atoms with van der Waals surface area (Å²) in [6.07, 6.45) is -0.876. The lowest BCUT2D eigenvalue weighted by Gasteiger charge is -2.34. The first-order valence-electron chi connectivity index (χ1n) is 8.67. The Morgan fingerprint density at radius 1 is 1.32 bits per heavy atom. The number of rotatable bonds is 7. The van der Waals surface area contributed by atoms with Crippen molar-refractivity contribution in [2.24, 2.45) is 5.92 Å². The number of halogens is 1. The van der Waals surface area contributed by atoms with Crippen molar-refractivity contribution in [2.75, 3.05) is 13.7 Å². The average molecular weight is 411 g/mol. The minimum atomic E-state index is -0.876. The molecular formula is C19H23ClN2O6. The van der Waals surface area contributed by atoms with Gasteiger partial charge in [0.15, 0.2) is 17.6 Å². The first kappa shape index (κ1) is 21.6. The molecule has 0 bridgehead atoms. The highest BCUT2D eigenvalue weighted by atomic mass is 35.5. The third-order valence-electron chi connectivity index (χ3n) is 4.25. The predicted octanol–water partition coefficient (Wildman–Crippen LogP) is 2.75. The predicted molar refractivity (Wildman–Crippen MR) is 102 cm³/mol. The molecule has 9 heteroatoms. The molecule has 0 aliphatic carbocycles. The maximum Gasteiger partial charge on any atom is 0.347 e. The van der Waals surface area contributed by atoms with Gasteiger partial charge in [-0.05, 0) is 32.4 Å². The Kier molecular flexibility index (Phi) is 6.90. The van der Waals surface area contributed by atoms with Gasteiger partial charge >= 0.3 is 12.0 Å². The first-order valence-corrected chi connectivity index (χ1v) is 9.04.